The summed E-state index contributed by atoms with van der Waals surface area (Å²) in [5.74, 6) is -0.140. The van der Waals surface area contributed by atoms with E-state index in [9.17, 15) is 9.90 Å². The van der Waals surface area contributed by atoms with Crippen LogP contribution in [0.4, 0.5) is 0 Å². The van der Waals surface area contributed by atoms with E-state index in [0.29, 0.717) is 0 Å². The number of likely N-dealkylation sites (tertiary alicyclic amines) is 1. The fourth-order valence-electron chi connectivity index (χ4n) is 2.62. The third-order valence-electron chi connectivity index (χ3n) is 3.78. The van der Waals surface area contributed by atoms with Crippen LogP contribution in [-0.4, -0.2) is 27.7 Å². The molecular weight excluding hydrogens is 240 g/mol. The van der Waals surface area contributed by atoms with Crippen LogP contribution in [0.15, 0.2) is 17.1 Å². The highest BCUT2D eigenvalue weighted by molar-refractivity contribution is 5.20. The molecule has 4 heteroatoms. The summed E-state index contributed by atoms with van der Waals surface area (Å²) in [5.41, 5.74) is 0.762. The molecule has 0 unspecified atom stereocenters. The van der Waals surface area contributed by atoms with E-state index in [-0.39, 0.29) is 11.2 Å². The number of hydrogen-bond acceptors (Lipinski definition) is 3. The number of pyridine rings is 1. The van der Waals surface area contributed by atoms with Crippen LogP contribution in [-0.2, 0) is 13.1 Å². The monoisotopic (exact) mass is 264 g/mol. The van der Waals surface area contributed by atoms with E-state index in [2.05, 4.69) is 11.8 Å². The lowest BCUT2D eigenvalue weighted by atomic mass is 10.1. The Bertz CT molecular complexity index is 462. The Morgan fingerprint density at radius 3 is 2.68 bits per heavy atom. The van der Waals surface area contributed by atoms with Gasteiger partial charge in [0, 0.05) is 24.8 Å². The van der Waals surface area contributed by atoms with Crippen LogP contribution >= 0.6 is 0 Å². The van der Waals surface area contributed by atoms with Crippen LogP contribution < -0.4 is 5.43 Å². The van der Waals surface area contributed by atoms with E-state index in [1.807, 2.05) is 4.57 Å². The normalized spacial score (nSPS) is 16.7. The van der Waals surface area contributed by atoms with Crippen molar-refractivity contribution < 1.29 is 5.11 Å². The molecule has 0 bridgehead atoms. The third kappa shape index (κ3) is 3.83. The summed E-state index contributed by atoms with van der Waals surface area (Å²) >= 11 is 0. The van der Waals surface area contributed by atoms with Crippen molar-refractivity contribution in [2.24, 2.45) is 0 Å². The Morgan fingerprint density at radius 2 is 2.00 bits per heavy atom. The molecule has 1 saturated heterocycles. The van der Waals surface area contributed by atoms with E-state index in [4.69, 9.17) is 0 Å². The largest absolute Gasteiger partial charge is 0.503 e. The average molecular weight is 264 g/mol. The average Bonchev–Trinajstić information content (AvgIpc) is 2.42. The molecule has 0 aromatic carbocycles. The van der Waals surface area contributed by atoms with E-state index in [0.717, 1.165) is 44.7 Å². The Hall–Kier alpha value is -1.29. The fraction of sp³-hybridized carbons (Fsp3) is 0.667. The first-order valence-corrected chi connectivity index (χ1v) is 7.35. The highest BCUT2D eigenvalue weighted by Crippen LogP contribution is 2.14. The summed E-state index contributed by atoms with van der Waals surface area (Å²) in [6.07, 6.45) is 7.58. The lowest BCUT2D eigenvalue weighted by Gasteiger charge is -2.27. The maximum atomic E-state index is 11.6. The smallest absolute Gasteiger partial charge is 0.223 e. The quantitative estimate of drug-likeness (QED) is 0.888. The van der Waals surface area contributed by atoms with Gasteiger partial charge >= 0.3 is 0 Å². The summed E-state index contributed by atoms with van der Waals surface area (Å²) in [4.78, 5) is 14.0. The van der Waals surface area contributed by atoms with Crippen molar-refractivity contribution in [3.8, 4) is 5.75 Å². The summed E-state index contributed by atoms with van der Waals surface area (Å²) in [7, 11) is 0. The number of hydrogen-bond donors (Lipinski definition) is 1. The van der Waals surface area contributed by atoms with E-state index in [1.165, 1.54) is 19.3 Å². The van der Waals surface area contributed by atoms with Gasteiger partial charge in [-0.25, -0.2) is 0 Å². The van der Waals surface area contributed by atoms with Crippen LogP contribution in [0, 0.1) is 0 Å². The lowest BCUT2D eigenvalue weighted by molar-refractivity contribution is 0.215. The highest BCUT2D eigenvalue weighted by atomic mass is 16.3. The Labute approximate surface area is 114 Å². The zero-order valence-electron chi connectivity index (χ0n) is 11.8. The SMILES string of the molecule is CCCCn1cc(O)c(=O)cc1CN1CCCCC1. The molecule has 1 aliphatic rings. The number of piperidine rings is 1. The van der Waals surface area contributed by atoms with Gasteiger partial charge in [0.15, 0.2) is 5.75 Å². The molecule has 1 N–H and O–H groups in total. The standard InChI is InChI=1S/C15H24N2O2/c1-2-3-9-17-12-15(19)14(18)10-13(17)11-16-7-5-4-6-8-16/h10,12,19H,2-9,11H2,1H3. The molecule has 1 aliphatic heterocycles. The molecule has 2 rings (SSSR count). The van der Waals surface area contributed by atoms with Gasteiger partial charge in [-0.1, -0.05) is 19.8 Å². The van der Waals surface area contributed by atoms with E-state index in [1.54, 1.807) is 12.3 Å². The van der Waals surface area contributed by atoms with E-state index >= 15 is 0 Å². The van der Waals surface area contributed by atoms with Gasteiger partial charge in [-0.3, -0.25) is 9.69 Å². The van der Waals surface area contributed by atoms with Gasteiger partial charge in [-0.05, 0) is 32.4 Å². The zero-order chi connectivity index (χ0) is 13.7. The highest BCUT2D eigenvalue weighted by Gasteiger charge is 2.13. The van der Waals surface area contributed by atoms with Crippen LogP contribution in [0.2, 0.25) is 0 Å². The Kier molecular flexibility index (Phi) is 5.02. The van der Waals surface area contributed by atoms with Crippen LogP contribution in [0.25, 0.3) is 0 Å². The maximum absolute atomic E-state index is 11.6. The van der Waals surface area contributed by atoms with Crippen LogP contribution in [0.5, 0.6) is 5.75 Å². The molecule has 1 aromatic rings. The number of rotatable bonds is 5. The predicted molar refractivity (Wildman–Crippen MR) is 76.4 cm³/mol. The minimum atomic E-state index is -0.264. The molecule has 0 spiro atoms. The zero-order valence-corrected chi connectivity index (χ0v) is 11.8. The van der Waals surface area contributed by atoms with Crippen molar-refractivity contribution in [2.75, 3.05) is 13.1 Å². The van der Waals surface area contributed by atoms with Crippen molar-refractivity contribution in [2.45, 2.75) is 52.1 Å². The molecule has 1 aromatic heterocycles. The molecular formula is C15H24N2O2. The van der Waals surface area contributed by atoms with E-state index < -0.39 is 0 Å². The summed E-state index contributed by atoms with van der Waals surface area (Å²) < 4.78 is 2.04. The van der Waals surface area contributed by atoms with Crippen molar-refractivity contribution in [3.05, 3.63) is 28.2 Å². The molecule has 106 valence electrons. The molecule has 0 saturated carbocycles. The fourth-order valence-corrected chi connectivity index (χ4v) is 2.62. The van der Waals surface area contributed by atoms with Gasteiger partial charge < -0.3 is 9.67 Å². The summed E-state index contributed by atoms with van der Waals surface area (Å²) in [6.45, 7) is 6.06. The molecule has 19 heavy (non-hydrogen) atoms. The molecule has 0 aliphatic carbocycles. The second kappa shape index (κ2) is 6.75. The van der Waals surface area contributed by atoms with Gasteiger partial charge in [0.05, 0.1) is 6.20 Å². The first-order valence-electron chi connectivity index (χ1n) is 7.35. The lowest BCUT2D eigenvalue weighted by Crippen LogP contribution is -2.31. The summed E-state index contributed by atoms with van der Waals surface area (Å²) in [5, 5.41) is 9.58. The number of nitrogens with zero attached hydrogens (tertiary/aromatic N) is 2. The Morgan fingerprint density at radius 1 is 1.26 bits per heavy atom. The van der Waals surface area contributed by atoms with Crippen LogP contribution in [0.1, 0.15) is 44.7 Å². The molecule has 0 amide bonds. The third-order valence-corrected chi connectivity index (χ3v) is 3.78. The number of aromatic nitrogens is 1. The topological polar surface area (TPSA) is 45.5 Å². The van der Waals surface area contributed by atoms with Crippen LogP contribution in [0.3, 0.4) is 0 Å². The number of unbranched alkanes of at least 4 members (excludes halogenated alkanes) is 1. The van der Waals surface area contributed by atoms with Gasteiger partial charge in [0.1, 0.15) is 0 Å². The second-order valence-corrected chi connectivity index (χ2v) is 5.40. The van der Waals surface area contributed by atoms with Crippen molar-refractivity contribution in [3.63, 3.8) is 0 Å². The van der Waals surface area contributed by atoms with Crippen molar-refractivity contribution >= 4 is 0 Å². The molecule has 2 heterocycles. The van der Waals surface area contributed by atoms with Gasteiger partial charge in [-0.2, -0.15) is 0 Å². The number of aromatic hydroxyl groups is 1. The molecule has 1 fully saturated rings. The van der Waals surface area contributed by atoms with Gasteiger partial charge in [0.25, 0.3) is 0 Å². The Balaban J connectivity index is 2.15. The minimum Gasteiger partial charge on any atom is -0.503 e. The number of aryl methyl sites for hydroxylation is 1. The second-order valence-electron chi connectivity index (χ2n) is 5.40. The first-order chi connectivity index (χ1) is 9.20. The van der Waals surface area contributed by atoms with Crippen molar-refractivity contribution in [1.82, 2.24) is 9.47 Å². The van der Waals surface area contributed by atoms with Crippen molar-refractivity contribution in [1.29, 1.82) is 0 Å². The van der Waals surface area contributed by atoms with Gasteiger partial charge in [0.2, 0.25) is 5.43 Å². The maximum Gasteiger partial charge on any atom is 0.223 e. The summed E-state index contributed by atoms with van der Waals surface area (Å²) in [6, 6.07) is 1.60. The predicted octanol–water partition coefficient (Wildman–Crippen LogP) is 2.34. The molecule has 4 nitrogen and oxygen atoms in total. The first kappa shape index (κ1) is 14.1. The van der Waals surface area contributed by atoms with Gasteiger partial charge in [-0.15, -0.1) is 0 Å². The molecule has 0 radical (unpaired) electrons. The molecule has 0 atom stereocenters. The minimum absolute atomic E-state index is 0.140.